The van der Waals surface area contributed by atoms with Gasteiger partial charge in [-0.05, 0) is 30.7 Å². The van der Waals surface area contributed by atoms with Crippen LogP contribution in [0.3, 0.4) is 0 Å². The Kier molecular flexibility index (Phi) is 6.02. The van der Waals surface area contributed by atoms with Gasteiger partial charge in [-0.2, -0.15) is 0 Å². The van der Waals surface area contributed by atoms with Crippen LogP contribution in [0.5, 0.6) is 0 Å². The van der Waals surface area contributed by atoms with Crippen molar-refractivity contribution >= 4 is 12.1 Å². The highest BCUT2D eigenvalue weighted by Crippen LogP contribution is 2.49. The molecule has 1 unspecified atom stereocenters. The summed E-state index contributed by atoms with van der Waals surface area (Å²) < 4.78 is 10.2. The third-order valence-electron chi connectivity index (χ3n) is 4.31. The minimum absolute atomic E-state index is 0.0226. The molecule has 1 atom stereocenters. The number of hydrogen-bond donors (Lipinski definition) is 1. The Morgan fingerprint density at radius 2 is 1.91 bits per heavy atom. The van der Waals surface area contributed by atoms with Gasteiger partial charge in [0.05, 0.1) is 19.6 Å². The van der Waals surface area contributed by atoms with Gasteiger partial charge in [-0.15, -0.1) is 0 Å². The van der Waals surface area contributed by atoms with Crippen LogP contribution in [0.2, 0.25) is 0 Å². The molecule has 1 N–H and O–H groups in total. The minimum Gasteiger partial charge on any atom is -0.466 e. The van der Waals surface area contributed by atoms with Crippen molar-refractivity contribution in [1.82, 2.24) is 5.32 Å². The first kappa shape index (κ1) is 17.3. The number of alkyl carbamates (subject to hydrolysis) is 1. The highest BCUT2D eigenvalue weighted by Gasteiger charge is 2.46. The standard InChI is InChI=1S/C18H25NO4/c1-3-22-16(20)13-15(18(2)10-11-18)19-17(21)23-12-9-14-7-5-4-6-8-14/h4-8,15H,3,9-13H2,1-2H3,(H,19,21). The Bertz CT molecular complexity index is 525. The smallest absolute Gasteiger partial charge is 0.407 e. The molecule has 0 aliphatic heterocycles. The number of ether oxygens (including phenoxy) is 2. The zero-order valence-corrected chi connectivity index (χ0v) is 13.8. The normalized spacial score (nSPS) is 16.3. The lowest BCUT2D eigenvalue weighted by Crippen LogP contribution is -2.42. The predicted octanol–water partition coefficient (Wildman–Crippen LogP) is 3.08. The van der Waals surface area contributed by atoms with Gasteiger partial charge in [-0.3, -0.25) is 4.79 Å². The van der Waals surface area contributed by atoms with Gasteiger partial charge in [0.1, 0.15) is 0 Å². The molecular formula is C18H25NO4. The zero-order valence-electron chi connectivity index (χ0n) is 13.8. The molecular weight excluding hydrogens is 294 g/mol. The molecule has 0 aromatic heterocycles. The number of nitrogens with one attached hydrogen (secondary N) is 1. The van der Waals surface area contributed by atoms with E-state index in [1.165, 1.54) is 0 Å². The lowest BCUT2D eigenvalue weighted by atomic mass is 9.96. The van der Waals surface area contributed by atoms with E-state index in [0.717, 1.165) is 18.4 Å². The Balaban J connectivity index is 1.77. The van der Waals surface area contributed by atoms with E-state index in [0.29, 0.717) is 19.6 Å². The second kappa shape index (κ2) is 7.99. The third kappa shape index (κ3) is 5.58. The van der Waals surface area contributed by atoms with Crippen molar-refractivity contribution in [3.8, 4) is 0 Å². The zero-order chi connectivity index (χ0) is 16.7. The highest BCUT2D eigenvalue weighted by atomic mass is 16.5. The number of hydrogen-bond acceptors (Lipinski definition) is 4. The van der Waals surface area contributed by atoms with Crippen molar-refractivity contribution in [2.45, 2.75) is 45.6 Å². The molecule has 0 saturated heterocycles. The van der Waals surface area contributed by atoms with Crippen molar-refractivity contribution in [3.05, 3.63) is 35.9 Å². The Morgan fingerprint density at radius 1 is 1.22 bits per heavy atom. The number of amides is 1. The lowest BCUT2D eigenvalue weighted by molar-refractivity contribution is -0.144. The Labute approximate surface area is 137 Å². The second-order valence-electron chi connectivity index (χ2n) is 6.23. The summed E-state index contributed by atoms with van der Waals surface area (Å²) in [6, 6.07) is 9.63. The van der Waals surface area contributed by atoms with Crippen LogP contribution in [0, 0.1) is 5.41 Å². The fourth-order valence-electron chi connectivity index (χ4n) is 2.49. The summed E-state index contributed by atoms with van der Waals surface area (Å²) in [5.41, 5.74) is 1.10. The van der Waals surface area contributed by atoms with E-state index in [4.69, 9.17) is 9.47 Å². The van der Waals surface area contributed by atoms with E-state index in [2.05, 4.69) is 12.2 Å². The molecule has 1 fully saturated rings. The van der Waals surface area contributed by atoms with Gasteiger partial charge in [0.15, 0.2) is 0 Å². The van der Waals surface area contributed by atoms with Gasteiger partial charge >= 0.3 is 12.1 Å². The summed E-state index contributed by atoms with van der Waals surface area (Å²) in [6.45, 7) is 4.51. The molecule has 23 heavy (non-hydrogen) atoms. The SMILES string of the molecule is CCOC(=O)CC(NC(=O)OCCc1ccccc1)C1(C)CC1. The molecule has 1 saturated carbocycles. The molecule has 2 rings (SSSR count). The monoisotopic (exact) mass is 319 g/mol. The number of esters is 1. The fraction of sp³-hybridized carbons (Fsp3) is 0.556. The van der Waals surface area contributed by atoms with Crippen molar-refractivity contribution in [1.29, 1.82) is 0 Å². The summed E-state index contributed by atoms with van der Waals surface area (Å²) in [7, 11) is 0. The molecule has 126 valence electrons. The van der Waals surface area contributed by atoms with E-state index in [-0.39, 0.29) is 23.8 Å². The maximum absolute atomic E-state index is 12.0. The molecule has 1 amide bonds. The summed E-state index contributed by atoms with van der Waals surface area (Å²) in [5, 5.41) is 2.83. The summed E-state index contributed by atoms with van der Waals surface area (Å²) in [4.78, 5) is 23.7. The van der Waals surface area contributed by atoms with E-state index >= 15 is 0 Å². The van der Waals surface area contributed by atoms with Gasteiger partial charge in [-0.25, -0.2) is 4.79 Å². The van der Waals surface area contributed by atoms with Gasteiger partial charge in [0.2, 0.25) is 0 Å². The maximum atomic E-state index is 12.0. The molecule has 0 bridgehead atoms. The molecule has 1 aliphatic carbocycles. The van der Waals surface area contributed by atoms with Crippen LogP contribution in [0.15, 0.2) is 30.3 Å². The highest BCUT2D eigenvalue weighted by molar-refractivity contribution is 5.73. The first-order valence-corrected chi connectivity index (χ1v) is 8.16. The quantitative estimate of drug-likeness (QED) is 0.748. The molecule has 0 heterocycles. The van der Waals surface area contributed by atoms with Crippen molar-refractivity contribution in [2.24, 2.45) is 5.41 Å². The van der Waals surface area contributed by atoms with Crippen molar-refractivity contribution < 1.29 is 19.1 Å². The number of benzene rings is 1. The summed E-state index contributed by atoms with van der Waals surface area (Å²) in [5.74, 6) is -0.282. The molecule has 1 aliphatic rings. The van der Waals surface area contributed by atoms with Crippen LogP contribution < -0.4 is 5.32 Å². The number of carbonyl (C=O) groups is 2. The van der Waals surface area contributed by atoms with Crippen LogP contribution >= 0.6 is 0 Å². The molecule has 0 spiro atoms. The molecule has 5 nitrogen and oxygen atoms in total. The fourth-order valence-corrected chi connectivity index (χ4v) is 2.49. The van der Waals surface area contributed by atoms with E-state index < -0.39 is 6.09 Å². The Hall–Kier alpha value is -2.04. The first-order valence-electron chi connectivity index (χ1n) is 8.16. The van der Waals surface area contributed by atoms with Crippen molar-refractivity contribution in [2.75, 3.05) is 13.2 Å². The minimum atomic E-state index is -0.469. The summed E-state index contributed by atoms with van der Waals surface area (Å²) >= 11 is 0. The number of rotatable bonds is 8. The largest absolute Gasteiger partial charge is 0.466 e. The maximum Gasteiger partial charge on any atom is 0.407 e. The topological polar surface area (TPSA) is 64.6 Å². The average molecular weight is 319 g/mol. The van der Waals surface area contributed by atoms with Crippen LogP contribution in [-0.4, -0.2) is 31.3 Å². The van der Waals surface area contributed by atoms with Crippen LogP contribution in [-0.2, 0) is 20.7 Å². The third-order valence-corrected chi connectivity index (χ3v) is 4.31. The first-order chi connectivity index (χ1) is 11.0. The molecule has 0 radical (unpaired) electrons. The van der Waals surface area contributed by atoms with Crippen LogP contribution in [0.25, 0.3) is 0 Å². The number of carbonyl (C=O) groups excluding carboxylic acids is 2. The second-order valence-corrected chi connectivity index (χ2v) is 6.23. The van der Waals surface area contributed by atoms with E-state index in [1.807, 2.05) is 30.3 Å². The molecule has 1 aromatic carbocycles. The van der Waals surface area contributed by atoms with E-state index in [9.17, 15) is 9.59 Å². The molecule has 5 heteroatoms. The van der Waals surface area contributed by atoms with Gasteiger partial charge in [0.25, 0.3) is 0 Å². The molecule has 1 aromatic rings. The van der Waals surface area contributed by atoms with Gasteiger partial charge in [0, 0.05) is 12.5 Å². The van der Waals surface area contributed by atoms with E-state index in [1.54, 1.807) is 6.92 Å². The summed E-state index contributed by atoms with van der Waals surface area (Å²) in [6.07, 6.45) is 2.40. The average Bonchev–Trinajstić information content (AvgIpc) is 3.27. The van der Waals surface area contributed by atoms with Crippen LogP contribution in [0.4, 0.5) is 4.79 Å². The van der Waals surface area contributed by atoms with Gasteiger partial charge < -0.3 is 14.8 Å². The van der Waals surface area contributed by atoms with Crippen molar-refractivity contribution in [3.63, 3.8) is 0 Å². The van der Waals surface area contributed by atoms with Crippen LogP contribution in [0.1, 0.15) is 38.7 Å². The van der Waals surface area contributed by atoms with Gasteiger partial charge in [-0.1, -0.05) is 37.3 Å². The lowest BCUT2D eigenvalue weighted by Gasteiger charge is -2.23. The predicted molar refractivity (Wildman–Crippen MR) is 87.0 cm³/mol. The Morgan fingerprint density at radius 3 is 2.52 bits per heavy atom.